The van der Waals surface area contributed by atoms with Crippen molar-refractivity contribution in [2.24, 2.45) is 5.92 Å². The fraction of sp³-hybridized carbons (Fsp3) is 0.947. The lowest BCUT2D eigenvalue weighted by atomic mass is 10.0. The first-order chi connectivity index (χ1) is 10.1. The van der Waals surface area contributed by atoms with E-state index in [1.54, 1.807) is 0 Å². The lowest BCUT2D eigenvalue weighted by Gasteiger charge is -2.02. The number of unbranched alkanes of at least 4 members (excludes halogenated alkanes) is 7. The summed E-state index contributed by atoms with van der Waals surface area (Å²) in [7, 11) is 0. The second-order valence-corrected chi connectivity index (χ2v) is 7.11. The molecule has 1 fully saturated rings. The average Bonchev–Trinajstić information content (AvgIpc) is 3.21. The molecule has 0 aromatic heterocycles. The predicted octanol–water partition coefficient (Wildman–Crippen LogP) is 5.68. The quantitative estimate of drug-likeness (QED) is 0.305. The smallest absolute Gasteiger partial charge is 0.164 e. The predicted molar refractivity (Wildman–Crippen MR) is 89.6 cm³/mol. The summed E-state index contributed by atoms with van der Waals surface area (Å²) in [5.74, 6) is 1.05. The summed E-state index contributed by atoms with van der Waals surface area (Å²) < 4.78 is 5.55. The van der Waals surface area contributed by atoms with Gasteiger partial charge >= 0.3 is 0 Å². The molecule has 1 aliphatic heterocycles. The van der Waals surface area contributed by atoms with E-state index in [9.17, 15) is 4.79 Å². The standard InChI is InChI=1S/C19H36O2/c1-4-5-6-7-8-9-10-11-15-18-19(21-18)17(20)14-12-13-16(2)3/h16,18-19H,4-15H2,1-3H3/t18-,19+/m1/s1. The van der Waals surface area contributed by atoms with Gasteiger partial charge in [-0.15, -0.1) is 0 Å². The molecule has 0 unspecified atom stereocenters. The van der Waals surface area contributed by atoms with E-state index in [0.29, 0.717) is 11.7 Å². The lowest BCUT2D eigenvalue weighted by Crippen LogP contribution is -2.10. The summed E-state index contributed by atoms with van der Waals surface area (Å²) in [6.07, 6.45) is 15.0. The number of carbonyl (C=O) groups is 1. The molecule has 0 radical (unpaired) electrons. The third-order valence-electron chi connectivity index (χ3n) is 4.45. The van der Waals surface area contributed by atoms with Crippen LogP contribution in [0.4, 0.5) is 0 Å². The van der Waals surface area contributed by atoms with E-state index in [1.165, 1.54) is 51.4 Å². The van der Waals surface area contributed by atoms with Gasteiger partial charge in [-0.2, -0.15) is 0 Å². The third kappa shape index (κ3) is 9.29. The SMILES string of the molecule is CCCCCCCCCC[C@H]1O[C@H]1C(=O)CCCC(C)C. The average molecular weight is 296 g/mol. The molecular weight excluding hydrogens is 260 g/mol. The zero-order valence-electron chi connectivity index (χ0n) is 14.5. The highest BCUT2D eigenvalue weighted by molar-refractivity contribution is 5.85. The Bertz CT molecular complexity index is 273. The van der Waals surface area contributed by atoms with Gasteiger partial charge in [-0.3, -0.25) is 4.79 Å². The number of epoxide rings is 1. The Morgan fingerprint density at radius 1 is 0.952 bits per heavy atom. The van der Waals surface area contributed by atoms with Crippen molar-refractivity contribution in [3.63, 3.8) is 0 Å². The third-order valence-corrected chi connectivity index (χ3v) is 4.45. The van der Waals surface area contributed by atoms with Crippen LogP contribution in [0.1, 0.15) is 97.8 Å². The summed E-state index contributed by atoms with van der Waals surface area (Å²) in [5.41, 5.74) is 0. The maximum Gasteiger partial charge on any atom is 0.164 e. The van der Waals surface area contributed by atoms with Crippen LogP contribution in [-0.2, 0) is 9.53 Å². The molecule has 1 aliphatic rings. The first-order valence-corrected chi connectivity index (χ1v) is 9.33. The summed E-state index contributed by atoms with van der Waals surface area (Å²) in [4.78, 5) is 11.9. The molecule has 2 nitrogen and oxygen atoms in total. The van der Waals surface area contributed by atoms with Crippen molar-refractivity contribution >= 4 is 5.78 Å². The van der Waals surface area contributed by atoms with Gasteiger partial charge in [0.2, 0.25) is 0 Å². The Labute approximate surface area is 132 Å². The van der Waals surface area contributed by atoms with Gasteiger partial charge in [-0.05, 0) is 18.8 Å². The molecule has 0 N–H and O–H groups in total. The topological polar surface area (TPSA) is 29.6 Å². The molecule has 0 saturated carbocycles. The Hall–Kier alpha value is -0.370. The number of carbonyl (C=O) groups excluding carboxylic acids is 1. The van der Waals surface area contributed by atoms with Gasteiger partial charge in [-0.25, -0.2) is 0 Å². The van der Waals surface area contributed by atoms with Crippen molar-refractivity contribution in [1.29, 1.82) is 0 Å². The first-order valence-electron chi connectivity index (χ1n) is 9.33. The fourth-order valence-corrected chi connectivity index (χ4v) is 2.95. The van der Waals surface area contributed by atoms with E-state index in [-0.39, 0.29) is 12.2 Å². The molecule has 21 heavy (non-hydrogen) atoms. The van der Waals surface area contributed by atoms with Crippen LogP contribution in [-0.4, -0.2) is 18.0 Å². The molecule has 0 aromatic rings. The minimum absolute atomic E-state index is 0.0401. The van der Waals surface area contributed by atoms with Crippen molar-refractivity contribution in [2.45, 2.75) is 110 Å². The number of Topliss-reactive ketones (excluding diaryl/α,β-unsaturated/α-hetero) is 1. The monoisotopic (exact) mass is 296 g/mol. The van der Waals surface area contributed by atoms with Crippen LogP contribution >= 0.6 is 0 Å². The molecule has 0 aliphatic carbocycles. The summed E-state index contributed by atoms with van der Waals surface area (Å²) >= 11 is 0. The van der Waals surface area contributed by atoms with Crippen LogP contribution in [0.25, 0.3) is 0 Å². The van der Waals surface area contributed by atoms with Crippen molar-refractivity contribution in [1.82, 2.24) is 0 Å². The van der Waals surface area contributed by atoms with Gasteiger partial charge in [-0.1, -0.05) is 78.6 Å². The maximum absolute atomic E-state index is 11.9. The second kappa shape index (κ2) is 11.2. The largest absolute Gasteiger partial charge is 0.361 e. The highest BCUT2D eigenvalue weighted by Gasteiger charge is 2.43. The first kappa shape index (κ1) is 18.7. The zero-order valence-corrected chi connectivity index (χ0v) is 14.5. The van der Waals surface area contributed by atoms with Gasteiger partial charge < -0.3 is 4.74 Å². The molecule has 0 bridgehead atoms. The van der Waals surface area contributed by atoms with Crippen molar-refractivity contribution in [3.8, 4) is 0 Å². The lowest BCUT2D eigenvalue weighted by molar-refractivity contribution is -0.120. The van der Waals surface area contributed by atoms with Crippen LogP contribution < -0.4 is 0 Å². The summed E-state index contributed by atoms with van der Waals surface area (Å²) in [5, 5.41) is 0. The Balaban J connectivity index is 1.88. The van der Waals surface area contributed by atoms with Crippen molar-refractivity contribution < 1.29 is 9.53 Å². The summed E-state index contributed by atoms with van der Waals surface area (Å²) in [6, 6.07) is 0. The normalized spacial score (nSPS) is 21.0. The van der Waals surface area contributed by atoms with E-state index in [1.807, 2.05) is 0 Å². The van der Waals surface area contributed by atoms with Crippen LogP contribution in [0.3, 0.4) is 0 Å². The van der Waals surface area contributed by atoms with Crippen LogP contribution in [0.5, 0.6) is 0 Å². The second-order valence-electron chi connectivity index (χ2n) is 7.11. The van der Waals surface area contributed by atoms with Gasteiger partial charge in [0, 0.05) is 6.42 Å². The van der Waals surface area contributed by atoms with Crippen LogP contribution in [0.15, 0.2) is 0 Å². The minimum Gasteiger partial charge on any atom is -0.361 e. The van der Waals surface area contributed by atoms with E-state index in [4.69, 9.17) is 4.74 Å². The number of rotatable bonds is 14. The minimum atomic E-state index is -0.0401. The highest BCUT2D eigenvalue weighted by Crippen LogP contribution is 2.30. The maximum atomic E-state index is 11.9. The zero-order chi connectivity index (χ0) is 15.5. The fourth-order valence-electron chi connectivity index (χ4n) is 2.95. The highest BCUT2D eigenvalue weighted by atomic mass is 16.6. The molecule has 0 amide bonds. The van der Waals surface area contributed by atoms with E-state index in [2.05, 4.69) is 20.8 Å². The number of hydrogen-bond donors (Lipinski definition) is 0. The van der Waals surface area contributed by atoms with Gasteiger partial charge in [0.25, 0.3) is 0 Å². The molecule has 2 atom stereocenters. The molecule has 2 heteroatoms. The van der Waals surface area contributed by atoms with Gasteiger partial charge in [0.05, 0.1) is 6.10 Å². The molecule has 0 aromatic carbocycles. The number of ketones is 1. The van der Waals surface area contributed by atoms with E-state index >= 15 is 0 Å². The Morgan fingerprint density at radius 2 is 1.57 bits per heavy atom. The molecular formula is C19H36O2. The van der Waals surface area contributed by atoms with Gasteiger partial charge in [0.1, 0.15) is 6.10 Å². The van der Waals surface area contributed by atoms with Crippen molar-refractivity contribution in [2.75, 3.05) is 0 Å². The number of hydrogen-bond acceptors (Lipinski definition) is 2. The molecule has 1 rings (SSSR count). The Morgan fingerprint density at radius 3 is 2.19 bits per heavy atom. The molecule has 0 spiro atoms. The Kier molecular flexibility index (Phi) is 9.99. The van der Waals surface area contributed by atoms with Crippen LogP contribution in [0, 0.1) is 5.92 Å². The van der Waals surface area contributed by atoms with Gasteiger partial charge in [0.15, 0.2) is 5.78 Å². The molecule has 1 saturated heterocycles. The van der Waals surface area contributed by atoms with E-state index < -0.39 is 0 Å². The van der Waals surface area contributed by atoms with E-state index in [0.717, 1.165) is 25.7 Å². The van der Waals surface area contributed by atoms with Crippen molar-refractivity contribution in [3.05, 3.63) is 0 Å². The molecule has 124 valence electrons. The summed E-state index contributed by atoms with van der Waals surface area (Å²) in [6.45, 7) is 6.68. The van der Waals surface area contributed by atoms with Crippen LogP contribution in [0.2, 0.25) is 0 Å². The molecule has 1 heterocycles. The number of ether oxygens (including phenoxy) is 1.